The van der Waals surface area contributed by atoms with Gasteiger partial charge in [-0.3, -0.25) is 14.6 Å². The first-order chi connectivity index (χ1) is 11.5. The summed E-state index contributed by atoms with van der Waals surface area (Å²) < 4.78 is 0. The van der Waals surface area contributed by atoms with E-state index < -0.39 is 11.2 Å². The summed E-state index contributed by atoms with van der Waals surface area (Å²) in [4.78, 5) is 46.3. The molecule has 1 aliphatic heterocycles. The lowest BCUT2D eigenvalue weighted by Crippen LogP contribution is -2.32. The summed E-state index contributed by atoms with van der Waals surface area (Å²) in [5, 5.41) is 5.69. The predicted molar refractivity (Wildman–Crippen MR) is 91.5 cm³/mol. The second-order valence-corrected chi connectivity index (χ2v) is 6.62. The summed E-state index contributed by atoms with van der Waals surface area (Å²) in [5.41, 5.74) is 0.379. The number of aromatic nitrogens is 3. The zero-order valence-electron chi connectivity index (χ0n) is 13.3. The smallest absolute Gasteiger partial charge is 0.325 e. The molecule has 9 heteroatoms. The van der Waals surface area contributed by atoms with Crippen LogP contribution in [-0.4, -0.2) is 33.9 Å². The van der Waals surface area contributed by atoms with Crippen molar-refractivity contribution in [1.29, 1.82) is 0 Å². The third-order valence-corrected chi connectivity index (χ3v) is 4.93. The Morgan fingerprint density at radius 3 is 2.79 bits per heavy atom. The molecule has 0 aliphatic carbocycles. The van der Waals surface area contributed by atoms with Crippen molar-refractivity contribution in [2.45, 2.75) is 32.7 Å². The molecule has 0 spiro atoms. The normalized spacial score (nSPS) is 14.1. The molecule has 3 N–H and O–H groups in total. The molecular formula is C15H19N5O3S. The number of carbonyl (C=O) groups is 1. The lowest BCUT2D eigenvalue weighted by Gasteiger charge is -2.12. The van der Waals surface area contributed by atoms with Crippen molar-refractivity contribution in [3.05, 3.63) is 43.2 Å². The Hall–Kier alpha value is -2.42. The van der Waals surface area contributed by atoms with E-state index in [0.717, 1.165) is 23.9 Å². The molecule has 0 unspecified atom stereocenters. The number of nitrogens with one attached hydrogen (secondary N) is 3. The van der Waals surface area contributed by atoms with Gasteiger partial charge in [-0.05, 0) is 19.8 Å². The molecule has 128 valence electrons. The molecule has 3 rings (SSSR count). The number of hydrogen-bond donors (Lipinski definition) is 3. The number of carbonyl (C=O) groups excluding carboxylic acids is 1. The molecule has 8 nitrogen and oxygen atoms in total. The van der Waals surface area contributed by atoms with Gasteiger partial charge in [-0.15, -0.1) is 11.3 Å². The first kappa shape index (κ1) is 16.4. The number of aryl methyl sites for hydroxylation is 1. The van der Waals surface area contributed by atoms with Gasteiger partial charge in [0.25, 0.3) is 5.56 Å². The number of rotatable bonds is 5. The van der Waals surface area contributed by atoms with Crippen LogP contribution in [0.4, 0.5) is 5.13 Å². The fourth-order valence-corrected chi connectivity index (χ4v) is 3.56. The fourth-order valence-electron chi connectivity index (χ4n) is 2.68. The van der Waals surface area contributed by atoms with E-state index >= 15 is 0 Å². The van der Waals surface area contributed by atoms with E-state index in [2.05, 4.69) is 25.2 Å². The molecule has 24 heavy (non-hydrogen) atoms. The summed E-state index contributed by atoms with van der Waals surface area (Å²) in [6, 6.07) is 0. The summed E-state index contributed by atoms with van der Waals surface area (Å²) in [6.45, 7) is 3.99. The second-order valence-electron chi connectivity index (χ2n) is 5.78. The van der Waals surface area contributed by atoms with Crippen LogP contribution < -0.4 is 21.5 Å². The van der Waals surface area contributed by atoms with Gasteiger partial charge in [0.05, 0.1) is 18.7 Å². The molecule has 0 bridgehead atoms. The summed E-state index contributed by atoms with van der Waals surface area (Å²) in [5.74, 6) is -0.286. The Labute approximate surface area is 141 Å². The van der Waals surface area contributed by atoms with Gasteiger partial charge in [0.2, 0.25) is 5.91 Å². The maximum atomic E-state index is 12.0. The van der Waals surface area contributed by atoms with Crippen LogP contribution in [0.3, 0.4) is 0 Å². The van der Waals surface area contributed by atoms with Crippen molar-refractivity contribution in [2.75, 3.05) is 18.0 Å². The third-order valence-electron chi connectivity index (χ3n) is 3.98. The molecule has 0 aromatic carbocycles. The van der Waals surface area contributed by atoms with Crippen molar-refractivity contribution in [3.63, 3.8) is 0 Å². The Kier molecular flexibility index (Phi) is 4.79. The lowest BCUT2D eigenvalue weighted by molar-refractivity contribution is -0.120. The zero-order valence-corrected chi connectivity index (χ0v) is 14.2. The highest BCUT2D eigenvalue weighted by Gasteiger charge is 2.16. The first-order valence-electron chi connectivity index (χ1n) is 7.81. The van der Waals surface area contributed by atoms with Crippen LogP contribution in [-0.2, 0) is 17.8 Å². The van der Waals surface area contributed by atoms with Crippen LogP contribution in [0.25, 0.3) is 0 Å². The monoisotopic (exact) mass is 349 g/mol. The Balaban J connectivity index is 1.58. The highest BCUT2D eigenvalue weighted by atomic mass is 32.1. The summed E-state index contributed by atoms with van der Waals surface area (Å²) >= 11 is 1.58. The molecule has 0 saturated carbocycles. The molecular weight excluding hydrogens is 330 g/mol. The van der Waals surface area contributed by atoms with Gasteiger partial charge in [-0.2, -0.15) is 0 Å². The van der Waals surface area contributed by atoms with Gasteiger partial charge in [-0.1, -0.05) is 0 Å². The summed E-state index contributed by atoms with van der Waals surface area (Å²) in [6.07, 6.45) is 2.30. The Bertz CT molecular complexity index is 847. The molecule has 1 fully saturated rings. The molecule has 1 amide bonds. The van der Waals surface area contributed by atoms with E-state index in [0.29, 0.717) is 12.2 Å². The first-order valence-corrected chi connectivity index (χ1v) is 8.69. The van der Waals surface area contributed by atoms with Gasteiger partial charge >= 0.3 is 5.69 Å². The van der Waals surface area contributed by atoms with Crippen LogP contribution in [0.15, 0.2) is 15.0 Å². The van der Waals surface area contributed by atoms with Crippen LogP contribution >= 0.6 is 11.3 Å². The third kappa shape index (κ3) is 3.73. The molecule has 1 saturated heterocycles. The molecule has 0 radical (unpaired) electrons. The minimum Gasteiger partial charge on any atom is -0.350 e. The van der Waals surface area contributed by atoms with Crippen LogP contribution in [0.2, 0.25) is 0 Å². The highest BCUT2D eigenvalue weighted by molar-refractivity contribution is 7.13. The number of H-pyrrole nitrogens is 2. The van der Waals surface area contributed by atoms with E-state index in [1.165, 1.54) is 12.8 Å². The lowest BCUT2D eigenvalue weighted by atomic mass is 10.1. The van der Waals surface area contributed by atoms with Crippen LogP contribution in [0.1, 0.15) is 29.8 Å². The zero-order chi connectivity index (χ0) is 17.1. The minimum absolute atomic E-state index is 0.0823. The number of aromatic amines is 2. The quantitative estimate of drug-likeness (QED) is 0.718. The molecule has 2 aromatic rings. The number of anilines is 1. The SMILES string of the molecule is Cc1[nH]c(=O)[nH]c(=O)c1CC(=O)NCc1csc(N2CCCC2)n1. The van der Waals surface area contributed by atoms with Crippen molar-refractivity contribution in [3.8, 4) is 0 Å². The van der Waals surface area contributed by atoms with Gasteiger partial charge in [0, 0.05) is 29.7 Å². The molecule has 2 aromatic heterocycles. The second kappa shape index (κ2) is 7.00. The molecule has 0 atom stereocenters. The van der Waals surface area contributed by atoms with Crippen molar-refractivity contribution < 1.29 is 4.79 Å². The van der Waals surface area contributed by atoms with Crippen LogP contribution in [0, 0.1) is 6.92 Å². The number of nitrogens with zero attached hydrogens (tertiary/aromatic N) is 2. The Morgan fingerprint density at radius 1 is 1.33 bits per heavy atom. The van der Waals surface area contributed by atoms with Crippen molar-refractivity contribution in [1.82, 2.24) is 20.3 Å². The maximum absolute atomic E-state index is 12.0. The average Bonchev–Trinajstić information content (AvgIpc) is 3.19. The number of hydrogen-bond acceptors (Lipinski definition) is 6. The van der Waals surface area contributed by atoms with E-state index in [1.54, 1.807) is 18.3 Å². The van der Waals surface area contributed by atoms with Gasteiger partial charge in [0.15, 0.2) is 5.13 Å². The van der Waals surface area contributed by atoms with Crippen molar-refractivity contribution in [2.24, 2.45) is 0 Å². The van der Waals surface area contributed by atoms with E-state index in [1.807, 2.05) is 5.38 Å². The topological polar surface area (TPSA) is 111 Å². The standard InChI is InChI=1S/C15H19N5O3S/c1-9-11(13(22)19-14(23)17-9)6-12(21)16-7-10-8-24-15(18-10)20-4-2-3-5-20/h8H,2-7H2,1H3,(H,16,21)(H2,17,19,22,23). The van der Waals surface area contributed by atoms with Gasteiger partial charge in [0.1, 0.15) is 0 Å². The van der Waals surface area contributed by atoms with Gasteiger partial charge < -0.3 is 15.2 Å². The van der Waals surface area contributed by atoms with Crippen molar-refractivity contribution >= 4 is 22.4 Å². The molecule has 3 heterocycles. The number of thiazole rings is 1. The Morgan fingerprint density at radius 2 is 2.08 bits per heavy atom. The van der Waals surface area contributed by atoms with E-state index in [9.17, 15) is 14.4 Å². The number of amides is 1. The van der Waals surface area contributed by atoms with Crippen LogP contribution in [0.5, 0.6) is 0 Å². The minimum atomic E-state index is -0.571. The average molecular weight is 349 g/mol. The van der Waals surface area contributed by atoms with Gasteiger partial charge in [-0.25, -0.2) is 9.78 Å². The summed E-state index contributed by atoms with van der Waals surface area (Å²) in [7, 11) is 0. The van der Waals surface area contributed by atoms with E-state index in [-0.39, 0.29) is 17.9 Å². The molecule has 1 aliphatic rings. The highest BCUT2D eigenvalue weighted by Crippen LogP contribution is 2.24. The predicted octanol–water partition coefficient (Wildman–Crippen LogP) is 0.287. The fraction of sp³-hybridized carbons (Fsp3) is 0.467. The largest absolute Gasteiger partial charge is 0.350 e. The maximum Gasteiger partial charge on any atom is 0.325 e. The van der Waals surface area contributed by atoms with E-state index in [4.69, 9.17) is 0 Å².